The van der Waals surface area contributed by atoms with Crippen LogP contribution in [0.5, 0.6) is 0 Å². The third-order valence-corrected chi connectivity index (χ3v) is 5.41. The van der Waals surface area contributed by atoms with Crippen LogP contribution in [0.1, 0.15) is 66.2 Å². The normalized spacial score (nSPS) is 30.8. The van der Waals surface area contributed by atoms with Crippen LogP contribution in [0.2, 0.25) is 0 Å². The minimum absolute atomic E-state index is 0.0409. The van der Waals surface area contributed by atoms with E-state index in [9.17, 15) is 9.90 Å². The number of nitrogens with one attached hydrogen (secondary N) is 1. The van der Waals surface area contributed by atoms with Crippen molar-refractivity contribution in [1.29, 1.82) is 0 Å². The van der Waals surface area contributed by atoms with Gasteiger partial charge in [0.2, 0.25) is 5.91 Å². The van der Waals surface area contributed by atoms with Gasteiger partial charge in [-0.25, -0.2) is 0 Å². The number of hydrogen-bond acceptors (Lipinski definition) is 3. The van der Waals surface area contributed by atoms with Crippen LogP contribution < -0.4 is 5.32 Å². The molecule has 128 valence electrons. The summed E-state index contributed by atoms with van der Waals surface area (Å²) in [4.78, 5) is 14.3. The molecular formula is C18H34N2O2. The van der Waals surface area contributed by atoms with E-state index in [1.165, 1.54) is 12.8 Å². The maximum atomic E-state index is 12.3. The van der Waals surface area contributed by atoms with Crippen LogP contribution in [-0.2, 0) is 4.79 Å². The molecule has 2 rings (SSSR count). The molecule has 0 bridgehead atoms. The molecule has 2 N–H and O–H groups in total. The van der Waals surface area contributed by atoms with E-state index in [2.05, 4.69) is 33.0 Å². The van der Waals surface area contributed by atoms with Gasteiger partial charge in [-0.15, -0.1) is 0 Å². The Labute approximate surface area is 135 Å². The Morgan fingerprint density at radius 3 is 2.45 bits per heavy atom. The van der Waals surface area contributed by atoms with Crippen molar-refractivity contribution in [2.24, 2.45) is 10.8 Å². The standard InChI is InChI=1S/C18H34N2O2/c1-17(2,3)12-16(22)20-10-7-14(8-11-20)19-15-6-5-9-18(15,4)13-21/h14-15,19,21H,5-13H2,1-4H3/t15-,18-/m1/s1. The smallest absolute Gasteiger partial charge is 0.223 e. The molecule has 4 heteroatoms. The maximum Gasteiger partial charge on any atom is 0.223 e. The van der Waals surface area contributed by atoms with Crippen molar-refractivity contribution in [1.82, 2.24) is 10.2 Å². The van der Waals surface area contributed by atoms with Crippen molar-refractivity contribution < 1.29 is 9.90 Å². The van der Waals surface area contributed by atoms with Crippen LogP contribution in [0.25, 0.3) is 0 Å². The molecule has 0 aromatic rings. The van der Waals surface area contributed by atoms with Crippen molar-refractivity contribution in [2.45, 2.75) is 78.3 Å². The average Bonchev–Trinajstić information content (AvgIpc) is 2.80. The van der Waals surface area contributed by atoms with Gasteiger partial charge in [0, 0.05) is 43.6 Å². The highest BCUT2D eigenvalue weighted by atomic mass is 16.3. The number of carbonyl (C=O) groups excluding carboxylic acids is 1. The predicted molar refractivity (Wildman–Crippen MR) is 89.6 cm³/mol. The Bertz CT molecular complexity index is 383. The largest absolute Gasteiger partial charge is 0.396 e. The number of likely N-dealkylation sites (tertiary alicyclic amines) is 1. The molecule has 0 spiro atoms. The van der Waals surface area contributed by atoms with Gasteiger partial charge in [-0.2, -0.15) is 0 Å². The minimum Gasteiger partial charge on any atom is -0.396 e. The predicted octanol–water partition coefficient (Wildman–Crippen LogP) is 2.55. The Kier molecular flexibility index (Phi) is 5.54. The monoisotopic (exact) mass is 310 g/mol. The van der Waals surface area contributed by atoms with Crippen molar-refractivity contribution in [3.63, 3.8) is 0 Å². The summed E-state index contributed by atoms with van der Waals surface area (Å²) in [5, 5.41) is 13.4. The van der Waals surface area contributed by atoms with E-state index >= 15 is 0 Å². The first-order valence-electron chi connectivity index (χ1n) is 8.88. The molecule has 1 amide bonds. The first-order valence-corrected chi connectivity index (χ1v) is 8.88. The zero-order valence-corrected chi connectivity index (χ0v) is 14.8. The first-order chi connectivity index (χ1) is 10.2. The van der Waals surface area contributed by atoms with E-state index in [-0.39, 0.29) is 17.4 Å². The fraction of sp³-hybridized carbons (Fsp3) is 0.944. The summed E-state index contributed by atoms with van der Waals surface area (Å²) in [7, 11) is 0. The summed E-state index contributed by atoms with van der Waals surface area (Å²) < 4.78 is 0. The molecule has 4 nitrogen and oxygen atoms in total. The van der Waals surface area contributed by atoms with Crippen LogP contribution in [0, 0.1) is 10.8 Å². The van der Waals surface area contributed by atoms with Gasteiger partial charge in [0.1, 0.15) is 0 Å². The average molecular weight is 310 g/mol. The van der Waals surface area contributed by atoms with Gasteiger partial charge in [-0.05, 0) is 31.1 Å². The first kappa shape index (κ1) is 17.7. The topological polar surface area (TPSA) is 52.6 Å². The lowest BCUT2D eigenvalue weighted by atomic mass is 9.85. The molecule has 22 heavy (non-hydrogen) atoms. The van der Waals surface area contributed by atoms with Crippen LogP contribution in [0.3, 0.4) is 0 Å². The highest BCUT2D eigenvalue weighted by molar-refractivity contribution is 5.76. The van der Waals surface area contributed by atoms with Gasteiger partial charge in [0.25, 0.3) is 0 Å². The number of amides is 1. The van der Waals surface area contributed by atoms with Crippen LogP contribution in [0.15, 0.2) is 0 Å². The Morgan fingerprint density at radius 1 is 1.27 bits per heavy atom. The van der Waals surface area contributed by atoms with E-state index in [0.717, 1.165) is 32.4 Å². The molecule has 1 saturated heterocycles. The molecule has 0 unspecified atom stereocenters. The summed E-state index contributed by atoms with van der Waals surface area (Å²) in [5.41, 5.74) is 0.109. The number of hydrogen-bond donors (Lipinski definition) is 2. The van der Waals surface area contributed by atoms with E-state index in [0.29, 0.717) is 24.4 Å². The summed E-state index contributed by atoms with van der Waals surface area (Å²) >= 11 is 0. The molecule has 0 aromatic carbocycles. The second-order valence-electron chi connectivity index (χ2n) is 8.82. The maximum absolute atomic E-state index is 12.3. The van der Waals surface area contributed by atoms with Gasteiger partial charge in [-0.3, -0.25) is 4.79 Å². The Morgan fingerprint density at radius 2 is 1.91 bits per heavy atom. The van der Waals surface area contributed by atoms with Gasteiger partial charge < -0.3 is 15.3 Å². The van der Waals surface area contributed by atoms with E-state index in [1.54, 1.807) is 0 Å². The van der Waals surface area contributed by atoms with Crippen molar-refractivity contribution in [3.05, 3.63) is 0 Å². The zero-order chi connectivity index (χ0) is 16.4. The second-order valence-corrected chi connectivity index (χ2v) is 8.82. The summed E-state index contributed by atoms with van der Waals surface area (Å²) in [6, 6.07) is 0.923. The highest BCUT2D eigenvalue weighted by Gasteiger charge is 2.39. The minimum atomic E-state index is 0.0409. The van der Waals surface area contributed by atoms with E-state index < -0.39 is 0 Å². The Balaban J connectivity index is 1.79. The number of rotatable bonds is 4. The third kappa shape index (κ3) is 4.45. The lowest BCUT2D eigenvalue weighted by Gasteiger charge is -2.38. The summed E-state index contributed by atoms with van der Waals surface area (Å²) in [5.74, 6) is 0.298. The van der Waals surface area contributed by atoms with E-state index in [1.807, 2.05) is 4.90 Å². The molecule has 2 aliphatic rings. The van der Waals surface area contributed by atoms with Crippen LogP contribution in [-0.4, -0.2) is 47.7 Å². The molecular weight excluding hydrogens is 276 g/mol. The lowest BCUT2D eigenvalue weighted by Crippen LogP contribution is -2.51. The van der Waals surface area contributed by atoms with Crippen LogP contribution in [0.4, 0.5) is 0 Å². The SMILES string of the molecule is CC(C)(C)CC(=O)N1CCC(N[C@@H]2CCC[C@]2(C)CO)CC1. The van der Waals surface area contributed by atoms with Gasteiger partial charge >= 0.3 is 0 Å². The molecule has 2 atom stereocenters. The van der Waals surface area contributed by atoms with Crippen molar-refractivity contribution >= 4 is 5.91 Å². The molecule has 1 saturated carbocycles. The number of piperidine rings is 1. The van der Waals surface area contributed by atoms with Gasteiger partial charge in [-0.1, -0.05) is 34.1 Å². The Hall–Kier alpha value is -0.610. The third-order valence-electron chi connectivity index (χ3n) is 5.41. The molecule has 1 aliphatic carbocycles. The van der Waals surface area contributed by atoms with Crippen molar-refractivity contribution in [2.75, 3.05) is 19.7 Å². The van der Waals surface area contributed by atoms with Crippen LogP contribution >= 0.6 is 0 Å². The zero-order valence-electron chi connectivity index (χ0n) is 14.8. The quantitative estimate of drug-likeness (QED) is 0.839. The molecule has 2 fully saturated rings. The van der Waals surface area contributed by atoms with Gasteiger partial charge in [0.05, 0.1) is 0 Å². The lowest BCUT2D eigenvalue weighted by molar-refractivity contribution is -0.134. The molecule has 1 heterocycles. The number of aliphatic hydroxyl groups excluding tert-OH is 1. The fourth-order valence-corrected chi connectivity index (χ4v) is 3.85. The van der Waals surface area contributed by atoms with Crippen molar-refractivity contribution in [3.8, 4) is 0 Å². The second kappa shape index (κ2) is 6.88. The number of aliphatic hydroxyl groups is 1. The molecule has 0 radical (unpaired) electrons. The number of nitrogens with zero attached hydrogens (tertiary/aromatic N) is 1. The van der Waals surface area contributed by atoms with Gasteiger partial charge in [0.15, 0.2) is 0 Å². The summed E-state index contributed by atoms with van der Waals surface area (Å²) in [6.07, 6.45) is 6.19. The fourth-order valence-electron chi connectivity index (χ4n) is 3.85. The highest BCUT2D eigenvalue weighted by Crippen LogP contribution is 2.38. The summed E-state index contributed by atoms with van der Waals surface area (Å²) in [6.45, 7) is 10.6. The van der Waals surface area contributed by atoms with E-state index in [4.69, 9.17) is 0 Å². The molecule has 0 aromatic heterocycles. The number of carbonyl (C=O) groups is 1. The molecule has 1 aliphatic heterocycles.